The Morgan fingerprint density at radius 3 is 2.30 bits per heavy atom. The maximum Gasteiger partial charge on any atom is 0.253 e. The van der Waals surface area contributed by atoms with Gasteiger partial charge in [0.1, 0.15) is 10.6 Å². The smallest absolute Gasteiger partial charge is 0.253 e. The molecule has 27 heavy (non-hydrogen) atoms. The highest BCUT2D eigenvalue weighted by molar-refractivity contribution is 7.89. The molecule has 150 valence electrons. The Hall–Kier alpha value is -1.64. The SMILES string of the molecule is CCN1CCN(C(=O)c2ccc(OC)c(S(=O)(=O)N3CCCCC3)c2)CC1. The van der Waals surface area contributed by atoms with Crippen molar-refractivity contribution in [2.45, 2.75) is 31.1 Å². The first-order chi connectivity index (χ1) is 13.0. The van der Waals surface area contributed by atoms with Gasteiger partial charge in [0.2, 0.25) is 10.0 Å². The second kappa shape index (κ2) is 8.58. The van der Waals surface area contributed by atoms with Crippen LogP contribution in [0.25, 0.3) is 0 Å². The number of likely N-dealkylation sites (N-methyl/N-ethyl adjacent to an activating group) is 1. The fourth-order valence-corrected chi connectivity index (χ4v) is 5.40. The van der Waals surface area contributed by atoms with Crippen molar-refractivity contribution >= 4 is 15.9 Å². The molecule has 0 unspecified atom stereocenters. The van der Waals surface area contributed by atoms with Crippen molar-refractivity contribution in [3.63, 3.8) is 0 Å². The fourth-order valence-electron chi connectivity index (χ4n) is 3.71. The molecule has 0 bridgehead atoms. The number of piperazine rings is 1. The molecule has 1 aromatic carbocycles. The highest BCUT2D eigenvalue weighted by Crippen LogP contribution is 2.30. The van der Waals surface area contributed by atoms with E-state index in [0.717, 1.165) is 38.9 Å². The number of hydrogen-bond donors (Lipinski definition) is 0. The molecule has 2 aliphatic heterocycles. The lowest BCUT2D eigenvalue weighted by Crippen LogP contribution is -2.48. The minimum atomic E-state index is -3.67. The molecular formula is C19H29N3O4S. The second-order valence-electron chi connectivity index (χ2n) is 7.06. The molecule has 8 heteroatoms. The van der Waals surface area contributed by atoms with Gasteiger partial charge in [-0.05, 0) is 37.6 Å². The summed E-state index contributed by atoms with van der Waals surface area (Å²) in [4.78, 5) is 17.1. The van der Waals surface area contributed by atoms with E-state index < -0.39 is 10.0 Å². The molecule has 0 atom stereocenters. The largest absolute Gasteiger partial charge is 0.495 e. The van der Waals surface area contributed by atoms with Gasteiger partial charge in [0.15, 0.2) is 0 Å². The number of hydrogen-bond acceptors (Lipinski definition) is 5. The Morgan fingerprint density at radius 2 is 1.70 bits per heavy atom. The van der Waals surface area contributed by atoms with E-state index in [9.17, 15) is 13.2 Å². The molecule has 2 saturated heterocycles. The molecule has 0 saturated carbocycles. The molecule has 0 aromatic heterocycles. The van der Waals surface area contributed by atoms with Crippen molar-refractivity contribution in [3.8, 4) is 5.75 Å². The van der Waals surface area contributed by atoms with Crippen LogP contribution in [-0.4, -0.2) is 81.4 Å². The zero-order valence-electron chi connectivity index (χ0n) is 16.2. The lowest BCUT2D eigenvalue weighted by atomic mass is 10.1. The minimum absolute atomic E-state index is 0.0879. The van der Waals surface area contributed by atoms with Crippen molar-refractivity contribution in [1.29, 1.82) is 0 Å². The highest BCUT2D eigenvalue weighted by atomic mass is 32.2. The van der Waals surface area contributed by atoms with E-state index in [2.05, 4.69) is 11.8 Å². The molecule has 3 rings (SSSR count). The number of nitrogens with zero attached hydrogens (tertiary/aromatic N) is 3. The Balaban J connectivity index is 1.86. The van der Waals surface area contributed by atoms with Gasteiger partial charge in [0.05, 0.1) is 7.11 Å². The topological polar surface area (TPSA) is 70.2 Å². The third-order valence-electron chi connectivity index (χ3n) is 5.45. The predicted molar refractivity (Wildman–Crippen MR) is 104 cm³/mol. The van der Waals surface area contributed by atoms with Crippen molar-refractivity contribution in [1.82, 2.24) is 14.1 Å². The average Bonchev–Trinajstić information content (AvgIpc) is 2.73. The summed E-state index contributed by atoms with van der Waals surface area (Å²) in [7, 11) is -2.22. The molecule has 2 fully saturated rings. The van der Waals surface area contributed by atoms with E-state index in [-0.39, 0.29) is 16.6 Å². The number of benzene rings is 1. The lowest BCUT2D eigenvalue weighted by molar-refractivity contribution is 0.0643. The molecule has 0 N–H and O–H groups in total. The van der Waals surface area contributed by atoms with Crippen LogP contribution in [0.1, 0.15) is 36.5 Å². The number of piperidine rings is 1. The van der Waals surface area contributed by atoms with Crippen molar-refractivity contribution in [2.75, 3.05) is 52.9 Å². The van der Waals surface area contributed by atoms with E-state index in [1.807, 2.05) is 0 Å². The number of methoxy groups -OCH3 is 1. The van der Waals surface area contributed by atoms with Gasteiger partial charge < -0.3 is 14.5 Å². The van der Waals surface area contributed by atoms with Crippen LogP contribution in [0, 0.1) is 0 Å². The summed E-state index contributed by atoms with van der Waals surface area (Å²) in [6.07, 6.45) is 2.77. The second-order valence-corrected chi connectivity index (χ2v) is 8.96. The lowest BCUT2D eigenvalue weighted by Gasteiger charge is -2.34. The Labute approximate surface area is 161 Å². The Kier molecular flexibility index (Phi) is 6.39. The summed E-state index contributed by atoms with van der Waals surface area (Å²) in [5.74, 6) is 0.163. The van der Waals surface area contributed by atoms with Crippen LogP contribution in [0.3, 0.4) is 0 Å². The number of carbonyl (C=O) groups excluding carboxylic acids is 1. The van der Waals surface area contributed by atoms with Gasteiger partial charge in [-0.25, -0.2) is 8.42 Å². The first-order valence-electron chi connectivity index (χ1n) is 9.67. The van der Waals surface area contributed by atoms with E-state index in [4.69, 9.17) is 4.74 Å². The van der Waals surface area contributed by atoms with Crippen molar-refractivity contribution < 1.29 is 17.9 Å². The monoisotopic (exact) mass is 395 g/mol. The molecular weight excluding hydrogens is 366 g/mol. The van der Waals surface area contributed by atoms with E-state index in [1.54, 1.807) is 17.0 Å². The van der Waals surface area contributed by atoms with Gasteiger partial charge in [0.25, 0.3) is 5.91 Å². The van der Waals surface area contributed by atoms with Crippen LogP contribution in [0.5, 0.6) is 5.75 Å². The highest BCUT2D eigenvalue weighted by Gasteiger charge is 2.30. The standard InChI is InChI=1S/C19H29N3O4S/c1-3-20-11-13-21(14-12-20)19(23)16-7-8-17(26-2)18(15-16)27(24,25)22-9-5-4-6-10-22/h7-8,15H,3-6,9-14H2,1-2H3. The summed E-state index contributed by atoms with van der Waals surface area (Å²) in [5, 5.41) is 0. The maximum atomic E-state index is 13.1. The van der Waals surface area contributed by atoms with Gasteiger partial charge in [-0.2, -0.15) is 4.31 Å². The molecule has 0 spiro atoms. The minimum Gasteiger partial charge on any atom is -0.495 e. The molecule has 1 aromatic rings. The summed E-state index contributed by atoms with van der Waals surface area (Å²) in [6, 6.07) is 4.73. The van der Waals surface area contributed by atoms with Gasteiger partial charge in [-0.15, -0.1) is 0 Å². The van der Waals surface area contributed by atoms with E-state index in [1.165, 1.54) is 17.5 Å². The Bertz CT molecular complexity index is 767. The summed E-state index contributed by atoms with van der Waals surface area (Å²) < 4.78 is 33.0. The fraction of sp³-hybridized carbons (Fsp3) is 0.632. The summed E-state index contributed by atoms with van der Waals surface area (Å²) in [6.45, 7) is 7.13. The molecule has 0 aliphatic carbocycles. The Morgan fingerprint density at radius 1 is 1.04 bits per heavy atom. The first-order valence-corrected chi connectivity index (χ1v) is 11.1. The zero-order valence-corrected chi connectivity index (χ0v) is 17.0. The average molecular weight is 396 g/mol. The number of sulfonamides is 1. The van der Waals surface area contributed by atoms with Crippen LogP contribution in [0.2, 0.25) is 0 Å². The quantitative estimate of drug-likeness (QED) is 0.758. The van der Waals surface area contributed by atoms with Crippen LogP contribution in [-0.2, 0) is 10.0 Å². The number of ether oxygens (including phenoxy) is 1. The van der Waals surface area contributed by atoms with Gasteiger partial charge in [-0.3, -0.25) is 4.79 Å². The molecule has 2 aliphatic rings. The molecule has 7 nitrogen and oxygen atoms in total. The first kappa shape index (κ1) is 20.1. The summed E-state index contributed by atoms with van der Waals surface area (Å²) >= 11 is 0. The van der Waals surface area contributed by atoms with E-state index in [0.29, 0.717) is 31.7 Å². The van der Waals surface area contributed by atoms with Crippen molar-refractivity contribution in [3.05, 3.63) is 23.8 Å². The molecule has 0 radical (unpaired) electrons. The van der Waals surface area contributed by atoms with Crippen molar-refractivity contribution in [2.24, 2.45) is 0 Å². The summed E-state index contributed by atoms with van der Waals surface area (Å²) in [5.41, 5.74) is 0.399. The third-order valence-corrected chi connectivity index (χ3v) is 7.37. The normalized spacial score (nSPS) is 19.9. The van der Waals surface area contributed by atoms with Crippen LogP contribution in [0.4, 0.5) is 0 Å². The van der Waals surface area contributed by atoms with E-state index >= 15 is 0 Å². The third kappa shape index (κ3) is 4.28. The number of rotatable bonds is 5. The molecule has 2 heterocycles. The van der Waals surface area contributed by atoms with Gasteiger partial charge >= 0.3 is 0 Å². The number of carbonyl (C=O) groups is 1. The van der Waals surface area contributed by atoms with Gasteiger partial charge in [-0.1, -0.05) is 13.3 Å². The number of amides is 1. The zero-order chi connectivity index (χ0) is 19.4. The molecule has 1 amide bonds. The van der Waals surface area contributed by atoms with Crippen LogP contribution < -0.4 is 4.74 Å². The predicted octanol–water partition coefficient (Wildman–Crippen LogP) is 1.65. The van der Waals surface area contributed by atoms with Gasteiger partial charge in [0, 0.05) is 44.8 Å². The van der Waals surface area contributed by atoms with Crippen LogP contribution in [0.15, 0.2) is 23.1 Å². The maximum absolute atomic E-state index is 13.1. The van der Waals surface area contributed by atoms with Crippen LogP contribution >= 0.6 is 0 Å².